The lowest BCUT2D eigenvalue weighted by molar-refractivity contribution is 0.585. The molecule has 0 bridgehead atoms. The van der Waals surface area contributed by atoms with Crippen molar-refractivity contribution in [3.8, 4) is 11.1 Å². The third-order valence-corrected chi connectivity index (χ3v) is 3.43. The van der Waals surface area contributed by atoms with Gasteiger partial charge in [-0.05, 0) is 32.0 Å². The number of rotatable bonds is 1. The molecule has 2 aromatic heterocycles. The lowest BCUT2D eigenvalue weighted by Gasteiger charge is -2.09. The topological polar surface area (TPSA) is 38.7 Å². The Morgan fingerprint density at radius 2 is 1.62 bits per heavy atom. The number of aromatic nitrogens is 3. The van der Waals surface area contributed by atoms with E-state index in [0.29, 0.717) is 16.7 Å². The predicted molar refractivity (Wildman–Crippen MR) is 77.2 cm³/mol. The van der Waals surface area contributed by atoms with Crippen LogP contribution >= 0.6 is 11.6 Å². The Morgan fingerprint density at radius 3 is 2.33 bits per heavy atom. The number of fused-ring (bicyclic) bond motifs is 1. The van der Waals surface area contributed by atoms with Crippen LogP contribution in [0.15, 0.2) is 24.3 Å². The first-order chi connectivity index (χ1) is 9.95. The summed E-state index contributed by atoms with van der Waals surface area (Å²) in [6.07, 6.45) is 0. The highest BCUT2D eigenvalue weighted by Crippen LogP contribution is 2.30. The first-order valence-corrected chi connectivity index (χ1v) is 6.60. The summed E-state index contributed by atoms with van der Waals surface area (Å²) in [5.74, 6) is -1.32. The number of nitrogens with zero attached hydrogens (tertiary/aromatic N) is 3. The average molecular weight is 306 g/mol. The van der Waals surface area contributed by atoms with Gasteiger partial charge in [0.05, 0.1) is 11.4 Å². The summed E-state index contributed by atoms with van der Waals surface area (Å²) in [4.78, 5) is 12.8. The lowest BCUT2D eigenvalue weighted by Crippen LogP contribution is -1.98. The largest absolute Gasteiger partial charge is 0.247 e. The smallest absolute Gasteiger partial charge is 0.180 e. The summed E-state index contributed by atoms with van der Waals surface area (Å²) in [5.41, 5.74) is 2.87. The van der Waals surface area contributed by atoms with Crippen LogP contribution in [0.1, 0.15) is 11.4 Å². The molecule has 0 spiro atoms. The zero-order valence-corrected chi connectivity index (χ0v) is 12.0. The van der Waals surface area contributed by atoms with Gasteiger partial charge in [-0.1, -0.05) is 11.6 Å². The highest BCUT2D eigenvalue weighted by Gasteiger charge is 2.15. The molecule has 0 fully saturated rings. The van der Waals surface area contributed by atoms with Crippen molar-refractivity contribution in [1.82, 2.24) is 15.0 Å². The highest BCUT2D eigenvalue weighted by molar-refractivity contribution is 6.30. The molecule has 0 amide bonds. The number of hydrogen-bond donors (Lipinski definition) is 0. The molecule has 3 aromatic rings. The van der Waals surface area contributed by atoms with Gasteiger partial charge in [0.2, 0.25) is 0 Å². The molecule has 0 aliphatic heterocycles. The van der Waals surface area contributed by atoms with E-state index in [2.05, 4.69) is 15.0 Å². The summed E-state index contributed by atoms with van der Waals surface area (Å²) < 4.78 is 27.1. The highest BCUT2D eigenvalue weighted by atomic mass is 35.5. The van der Waals surface area contributed by atoms with Gasteiger partial charge in [-0.15, -0.1) is 0 Å². The van der Waals surface area contributed by atoms with Gasteiger partial charge >= 0.3 is 0 Å². The molecule has 2 heterocycles. The molecular formula is C15H10ClF2N3. The van der Waals surface area contributed by atoms with E-state index in [1.54, 1.807) is 6.92 Å². The first-order valence-electron chi connectivity index (χ1n) is 6.22. The number of aryl methyl sites for hydroxylation is 2. The maximum atomic E-state index is 14.0. The minimum atomic E-state index is -0.682. The van der Waals surface area contributed by atoms with Gasteiger partial charge in [0.1, 0.15) is 22.3 Å². The van der Waals surface area contributed by atoms with Gasteiger partial charge < -0.3 is 0 Å². The fourth-order valence-electron chi connectivity index (χ4n) is 2.08. The third kappa shape index (κ3) is 2.45. The van der Waals surface area contributed by atoms with Crippen molar-refractivity contribution in [2.75, 3.05) is 0 Å². The van der Waals surface area contributed by atoms with Gasteiger partial charge in [-0.2, -0.15) is 0 Å². The Labute approximate surface area is 124 Å². The second-order valence-corrected chi connectivity index (χ2v) is 5.07. The van der Waals surface area contributed by atoms with E-state index in [9.17, 15) is 8.78 Å². The van der Waals surface area contributed by atoms with Crippen molar-refractivity contribution < 1.29 is 8.78 Å². The fraction of sp³-hybridized carbons (Fsp3) is 0.133. The number of halogens is 3. The molecule has 0 atom stereocenters. The van der Waals surface area contributed by atoms with Crippen LogP contribution < -0.4 is 0 Å². The quantitative estimate of drug-likeness (QED) is 0.631. The fourth-order valence-corrected chi connectivity index (χ4v) is 2.27. The van der Waals surface area contributed by atoms with Crippen LogP contribution in [0.5, 0.6) is 0 Å². The Hall–Kier alpha value is -2.14. The molecule has 0 aliphatic carbocycles. The summed E-state index contributed by atoms with van der Waals surface area (Å²) >= 11 is 5.97. The Bertz CT molecular complexity index is 865. The van der Waals surface area contributed by atoms with Gasteiger partial charge in [0, 0.05) is 17.2 Å². The Balaban J connectivity index is 2.38. The van der Waals surface area contributed by atoms with Crippen LogP contribution in [0, 0.1) is 25.5 Å². The third-order valence-electron chi connectivity index (χ3n) is 3.24. The zero-order valence-electron chi connectivity index (χ0n) is 11.3. The number of benzene rings is 1. The van der Waals surface area contributed by atoms with Crippen molar-refractivity contribution in [1.29, 1.82) is 0 Å². The van der Waals surface area contributed by atoms with E-state index in [1.807, 2.05) is 6.92 Å². The van der Waals surface area contributed by atoms with Crippen molar-refractivity contribution in [2.24, 2.45) is 0 Å². The van der Waals surface area contributed by atoms with Crippen molar-refractivity contribution in [3.05, 3.63) is 52.4 Å². The molecule has 6 heteroatoms. The number of hydrogen-bond acceptors (Lipinski definition) is 3. The van der Waals surface area contributed by atoms with Crippen LogP contribution in [0.3, 0.4) is 0 Å². The van der Waals surface area contributed by atoms with Crippen LogP contribution in [0.4, 0.5) is 8.78 Å². The molecule has 0 saturated heterocycles. The van der Waals surface area contributed by atoms with E-state index in [4.69, 9.17) is 11.6 Å². The Kier molecular flexibility index (Phi) is 3.29. The molecule has 0 unspecified atom stereocenters. The van der Waals surface area contributed by atoms with E-state index in [1.165, 1.54) is 18.2 Å². The van der Waals surface area contributed by atoms with E-state index < -0.39 is 11.6 Å². The zero-order chi connectivity index (χ0) is 15.1. The minimum Gasteiger partial charge on any atom is -0.247 e. The molecule has 0 radical (unpaired) electrons. The monoisotopic (exact) mass is 305 g/mol. The minimum absolute atomic E-state index is 0.179. The molecule has 0 aliphatic rings. The predicted octanol–water partition coefficient (Wildman–Crippen LogP) is 4.24. The molecular weight excluding hydrogens is 296 g/mol. The van der Waals surface area contributed by atoms with E-state index in [0.717, 1.165) is 17.5 Å². The summed E-state index contributed by atoms with van der Waals surface area (Å²) in [5, 5.41) is 0.179. The maximum Gasteiger partial charge on any atom is 0.180 e. The van der Waals surface area contributed by atoms with E-state index >= 15 is 0 Å². The van der Waals surface area contributed by atoms with Crippen molar-refractivity contribution >= 4 is 22.8 Å². The molecule has 21 heavy (non-hydrogen) atoms. The molecule has 0 saturated carbocycles. The maximum absolute atomic E-state index is 14.0. The van der Waals surface area contributed by atoms with Gasteiger partial charge in [-0.3, -0.25) is 0 Å². The average Bonchev–Trinajstić information content (AvgIpc) is 2.40. The van der Waals surface area contributed by atoms with Crippen molar-refractivity contribution in [2.45, 2.75) is 13.8 Å². The first kappa shape index (κ1) is 13.8. The molecule has 106 valence electrons. The van der Waals surface area contributed by atoms with Crippen LogP contribution in [0.2, 0.25) is 5.15 Å². The van der Waals surface area contributed by atoms with Gasteiger partial charge in [-0.25, -0.2) is 23.7 Å². The molecule has 1 aromatic carbocycles. The molecule has 0 N–H and O–H groups in total. The summed E-state index contributed by atoms with van der Waals surface area (Å²) in [6, 6.07) is 4.87. The molecule has 3 rings (SSSR count). The van der Waals surface area contributed by atoms with Crippen LogP contribution in [-0.4, -0.2) is 15.0 Å². The summed E-state index contributed by atoms with van der Waals surface area (Å²) in [7, 11) is 0. The lowest BCUT2D eigenvalue weighted by atomic mass is 10.0. The van der Waals surface area contributed by atoms with Crippen LogP contribution in [-0.2, 0) is 0 Å². The van der Waals surface area contributed by atoms with Crippen LogP contribution in [0.25, 0.3) is 22.3 Å². The van der Waals surface area contributed by atoms with Gasteiger partial charge in [0.25, 0.3) is 0 Å². The second-order valence-electron chi connectivity index (χ2n) is 4.68. The normalized spacial score (nSPS) is 11.1. The van der Waals surface area contributed by atoms with Crippen molar-refractivity contribution in [3.63, 3.8) is 0 Å². The van der Waals surface area contributed by atoms with Gasteiger partial charge in [0.15, 0.2) is 5.65 Å². The summed E-state index contributed by atoms with van der Waals surface area (Å²) in [6.45, 7) is 3.61. The molecule has 3 nitrogen and oxygen atoms in total. The van der Waals surface area contributed by atoms with E-state index in [-0.39, 0.29) is 10.7 Å². The Morgan fingerprint density at radius 1 is 0.905 bits per heavy atom. The SMILES string of the molecule is Cc1nc2nc(Cl)cc(-c3ccc(F)cc3F)c2nc1C. The second kappa shape index (κ2) is 5.00. The number of pyridine rings is 1. The standard InChI is InChI=1S/C15H10ClF2N3/c1-7-8(2)20-15-14(19-7)11(6-13(16)21-15)10-4-3-9(17)5-12(10)18/h3-6H,1-2H3.